The second-order valence-electron chi connectivity index (χ2n) is 6.93. The molecule has 4 aromatic rings. The normalized spacial score (nSPS) is 12.8. The quantitative estimate of drug-likeness (QED) is 0.249. The second-order valence-corrected chi connectivity index (χ2v) is 9.72. The molecule has 2 unspecified atom stereocenters. The van der Waals surface area contributed by atoms with Crippen molar-refractivity contribution in [3.63, 3.8) is 0 Å². The minimum atomic E-state index is -1.84. The van der Waals surface area contributed by atoms with Crippen molar-refractivity contribution < 1.29 is 28.2 Å². The summed E-state index contributed by atoms with van der Waals surface area (Å²) in [6.45, 7) is 2.03. The minimum absolute atomic E-state index is 0.102. The number of ether oxygens (including phenoxy) is 1. The zero-order valence-corrected chi connectivity index (χ0v) is 20.1. The molecule has 0 fully saturated rings. The molecule has 0 bridgehead atoms. The van der Waals surface area contributed by atoms with Gasteiger partial charge in [-0.15, -0.1) is 0 Å². The standard InChI is InChI=1S/C23H19ClN2O6S2/c1-2-31-21-10-8-16(13-17(21)23(27)28)33(29)25-18-9-7-15(24)12-19(18)26-34(30)22-11-14-5-3-4-6-20(14)32-22/h3-13,25-26H,2H2,1H3,(H,27,28). The van der Waals surface area contributed by atoms with Crippen LogP contribution in [-0.4, -0.2) is 26.8 Å². The first-order valence-corrected chi connectivity index (χ1v) is 12.7. The van der Waals surface area contributed by atoms with E-state index in [1.165, 1.54) is 24.3 Å². The van der Waals surface area contributed by atoms with Crippen molar-refractivity contribution in [2.45, 2.75) is 16.9 Å². The number of rotatable bonds is 9. The molecule has 1 aromatic heterocycles. The van der Waals surface area contributed by atoms with Gasteiger partial charge in [-0.3, -0.25) is 0 Å². The van der Waals surface area contributed by atoms with Gasteiger partial charge in [0.1, 0.15) is 51.0 Å². The summed E-state index contributed by atoms with van der Waals surface area (Å²) < 4.78 is 42.5. The molecule has 3 aromatic carbocycles. The van der Waals surface area contributed by atoms with Crippen molar-refractivity contribution in [3.05, 3.63) is 77.3 Å². The third kappa shape index (κ3) is 5.37. The maximum Gasteiger partial charge on any atom is 0.339 e. The van der Waals surface area contributed by atoms with Gasteiger partial charge < -0.3 is 23.4 Å². The largest absolute Gasteiger partial charge is 0.588 e. The number of furan rings is 1. The number of nitrogens with one attached hydrogen (secondary N) is 2. The molecule has 0 aliphatic heterocycles. The molecule has 0 saturated carbocycles. The van der Waals surface area contributed by atoms with E-state index in [0.717, 1.165) is 5.39 Å². The van der Waals surface area contributed by atoms with E-state index < -0.39 is 28.7 Å². The molecule has 11 heteroatoms. The van der Waals surface area contributed by atoms with Crippen LogP contribution in [0.25, 0.3) is 11.0 Å². The van der Waals surface area contributed by atoms with E-state index in [1.807, 2.05) is 18.2 Å². The molecular formula is C23H19ClN2O6S2. The van der Waals surface area contributed by atoms with E-state index in [9.17, 15) is 19.0 Å². The first-order valence-electron chi connectivity index (χ1n) is 10.0. The van der Waals surface area contributed by atoms with Gasteiger partial charge in [-0.05, 0) is 43.3 Å². The van der Waals surface area contributed by atoms with E-state index in [2.05, 4.69) is 9.44 Å². The molecule has 0 aliphatic rings. The average Bonchev–Trinajstić information content (AvgIpc) is 3.25. The van der Waals surface area contributed by atoms with E-state index in [-0.39, 0.29) is 21.3 Å². The predicted octanol–water partition coefficient (Wildman–Crippen LogP) is 5.45. The smallest absolute Gasteiger partial charge is 0.339 e. The maximum atomic E-state index is 13.0. The molecule has 0 spiro atoms. The van der Waals surface area contributed by atoms with Crippen LogP contribution in [0.3, 0.4) is 0 Å². The Morgan fingerprint density at radius 1 is 1.03 bits per heavy atom. The molecule has 34 heavy (non-hydrogen) atoms. The SMILES string of the molecule is CCOc1ccc([S+]([O-])Nc2ccc(Cl)cc2N[S+]([O-])c2cc3ccccc3o2)cc1C(=O)O. The lowest BCUT2D eigenvalue weighted by molar-refractivity contribution is 0.0692. The van der Waals surface area contributed by atoms with E-state index in [4.69, 9.17) is 20.8 Å². The number of aromatic carboxylic acids is 1. The molecular weight excluding hydrogens is 500 g/mol. The summed E-state index contributed by atoms with van der Waals surface area (Å²) in [7, 11) is 0. The molecule has 4 rings (SSSR count). The third-order valence-electron chi connectivity index (χ3n) is 4.67. The van der Waals surface area contributed by atoms with Gasteiger partial charge in [0.05, 0.1) is 6.61 Å². The zero-order valence-electron chi connectivity index (χ0n) is 17.7. The number of para-hydroxylation sites is 1. The Bertz CT molecular complexity index is 1300. The molecule has 2 atom stereocenters. The molecule has 176 valence electrons. The van der Waals surface area contributed by atoms with Crippen LogP contribution in [0, 0.1) is 0 Å². The minimum Gasteiger partial charge on any atom is -0.588 e. The molecule has 0 saturated heterocycles. The highest BCUT2D eigenvalue weighted by atomic mass is 35.5. The Hall–Kier alpha value is -3.02. The van der Waals surface area contributed by atoms with Crippen molar-refractivity contribution >= 4 is 62.6 Å². The summed E-state index contributed by atoms with van der Waals surface area (Å²) in [4.78, 5) is 11.8. The van der Waals surface area contributed by atoms with Crippen molar-refractivity contribution in [1.82, 2.24) is 0 Å². The first kappa shape index (κ1) is 24.1. The number of fused-ring (bicyclic) bond motifs is 1. The summed E-state index contributed by atoms with van der Waals surface area (Å²) in [5.74, 6) is -1.01. The Kier molecular flexibility index (Phi) is 7.44. The molecule has 3 N–H and O–H groups in total. The fraction of sp³-hybridized carbons (Fsp3) is 0.0870. The number of anilines is 2. The number of benzene rings is 3. The van der Waals surface area contributed by atoms with Crippen LogP contribution < -0.4 is 14.2 Å². The van der Waals surface area contributed by atoms with Gasteiger partial charge in [0.15, 0.2) is 4.90 Å². The topological polar surface area (TPSA) is 130 Å². The summed E-state index contributed by atoms with van der Waals surface area (Å²) in [6.07, 6.45) is 0. The Balaban J connectivity index is 1.57. The number of carboxylic acids is 1. The molecule has 8 nitrogen and oxygen atoms in total. The van der Waals surface area contributed by atoms with Gasteiger partial charge in [0, 0.05) is 22.5 Å². The molecule has 0 radical (unpaired) electrons. The van der Waals surface area contributed by atoms with E-state index in [1.54, 1.807) is 31.2 Å². The number of hydrogen-bond donors (Lipinski definition) is 3. The number of halogens is 1. The fourth-order valence-electron chi connectivity index (χ4n) is 3.12. The Morgan fingerprint density at radius 3 is 2.53 bits per heavy atom. The van der Waals surface area contributed by atoms with Crippen LogP contribution in [-0.2, 0) is 22.7 Å². The summed E-state index contributed by atoms with van der Waals surface area (Å²) in [5.41, 5.74) is 1.17. The average molecular weight is 519 g/mol. The highest BCUT2D eigenvalue weighted by molar-refractivity contribution is 7.93. The van der Waals surface area contributed by atoms with Gasteiger partial charge in [0.25, 0.3) is 0 Å². The van der Waals surface area contributed by atoms with Gasteiger partial charge >= 0.3 is 11.1 Å². The number of hydrogen-bond acceptors (Lipinski definition) is 7. The van der Waals surface area contributed by atoms with Crippen LogP contribution in [0.4, 0.5) is 11.4 Å². The summed E-state index contributed by atoms with van der Waals surface area (Å²) >= 11 is 2.52. The van der Waals surface area contributed by atoms with Crippen molar-refractivity contribution in [1.29, 1.82) is 0 Å². The monoisotopic (exact) mass is 518 g/mol. The van der Waals surface area contributed by atoms with E-state index >= 15 is 0 Å². The zero-order chi connectivity index (χ0) is 24.2. The van der Waals surface area contributed by atoms with Crippen molar-refractivity contribution in [3.8, 4) is 5.75 Å². The van der Waals surface area contributed by atoms with Gasteiger partial charge in [-0.1, -0.05) is 29.8 Å². The van der Waals surface area contributed by atoms with Crippen LogP contribution in [0.1, 0.15) is 17.3 Å². The maximum absolute atomic E-state index is 13.0. The van der Waals surface area contributed by atoms with Crippen LogP contribution in [0.2, 0.25) is 5.02 Å². The second kappa shape index (κ2) is 10.5. The van der Waals surface area contributed by atoms with Crippen LogP contribution in [0.5, 0.6) is 5.75 Å². The van der Waals surface area contributed by atoms with Crippen molar-refractivity contribution in [2.24, 2.45) is 0 Å². The number of carbonyl (C=O) groups is 1. The molecule has 0 aliphatic carbocycles. The number of carboxylic acid groups (broad SMARTS) is 1. The Labute approximate surface area is 206 Å². The highest BCUT2D eigenvalue weighted by Crippen LogP contribution is 2.32. The third-order valence-corrected chi connectivity index (χ3v) is 6.96. The van der Waals surface area contributed by atoms with Crippen LogP contribution >= 0.6 is 11.6 Å². The summed E-state index contributed by atoms with van der Waals surface area (Å²) in [6, 6.07) is 17.9. The lowest BCUT2D eigenvalue weighted by atomic mass is 10.2. The van der Waals surface area contributed by atoms with Gasteiger partial charge in [-0.25, -0.2) is 9.52 Å². The van der Waals surface area contributed by atoms with E-state index in [0.29, 0.717) is 28.6 Å². The predicted molar refractivity (Wildman–Crippen MR) is 132 cm³/mol. The molecule has 1 heterocycles. The fourth-order valence-corrected chi connectivity index (χ4v) is 5.07. The van der Waals surface area contributed by atoms with Crippen LogP contribution in [0.15, 0.2) is 81.1 Å². The van der Waals surface area contributed by atoms with Gasteiger partial charge in [-0.2, -0.15) is 4.72 Å². The lowest BCUT2D eigenvalue weighted by Crippen LogP contribution is -2.18. The first-order chi connectivity index (χ1) is 16.4. The lowest BCUT2D eigenvalue weighted by Gasteiger charge is -2.17. The highest BCUT2D eigenvalue weighted by Gasteiger charge is 2.23. The molecule has 0 amide bonds. The Morgan fingerprint density at radius 2 is 1.79 bits per heavy atom. The van der Waals surface area contributed by atoms with Gasteiger partial charge in [0.2, 0.25) is 0 Å². The van der Waals surface area contributed by atoms with Crippen molar-refractivity contribution in [2.75, 3.05) is 16.1 Å². The summed E-state index contributed by atoms with van der Waals surface area (Å²) in [5, 5.41) is 10.8.